The Bertz CT molecular complexity index is 2900. The van der Waals surface area contributed by atoms with Crippen LogP contribution in [0.5, 0.6) is 0 Å². The number of anilines is 3. The molecule has 0 unspecified atom stereocenters. The average Bonchev–Trinajstić information content (AvgIpc) is 3.47. The summed E-state index contributed by atoms with van der Waals surface area (Å²) >= 11 is 0. The van der Waals surface area contributed by atoms with Crippen LogP contribution in [0.4, 0.5) is 17.1 Å². The van der Waals surface area contributed by atoms with Crippen LogP contribution in [0.2, 0.25) is 0 Å². The Hall–Kier alpha value is -6.70. The maximum absolute atomic E-state index is 2.45. The number of hydrogen-bond donors (Lipinski definition) is 0. The molecule has 9 aromatic carbocycles. The highest BCUT2D eigenvalue weighted by molar-refractivity contribution is 6.13. The summed E-state index contributed by atoms with van der Waals surface area (Å²) in [6.07, 6.45) is 0. The van der Waals surface area contributed by atoms with E-state index in [1.165, 1.54) is 88.4 Å². The maximum Gasteiger partial charge on any atom is 0.0491 e. The van der Waals surface area contributed by atoms with Crippen LogP contribution in [0.25, 0.3) is 66.1 Å². The standard InChI is InChI=1S/C54H41N/c1-36-33-40(50-34-39-17-7-8-20-45(39)46-21-11-12-22-47(46)50)27-32-53(36)55(42-30-31-49-48-23-13-14-24-51(48)54(2,3)52(49)35-42)41-28-25-38(26-29-41)44-19-10-9-18-43(44)37-15-5-4-6-16-37/h4-35H,1-3H3. The van der Waals surface area contributed by atoms with E-state index in [1.54, 1.807) is 0 Å². The third kappa shape index (κ3) is 5.46. The summed E-state index contributed by atoms with van der Waals surface area (Å²) < 4.78 is 0. The van der Waals surface area contributed by atoms with Gasteiger partial charge in [0.05, 0.1) is 0 Å². The lowest BCUT2D eigenvalue weighted by Crippen LogP contribution is -2.17. The van der Waals surface area contributed by atoms with Gasteiger partial charge in [-0.2, -0.15) is 0 Å². The third-order valence-corrected chi connectivity index (χ3v) is 11.8. The van der Waals surface area contributed by atoms with Gasteiger partial charge in [0.1, 0.15) is 0 Å². The molecule has 55 heavy (non-hydrogen) atoms. The number of benzene rings is 9. The molecule has 262 valence electrons. The van der Waals surface area contributed by atoms with Crippen molar-refractivity contribution in [1.82, 2.24) is 0 Å². The van der Waals surface area contributed by atoms with Gasteiger partial charge >= 0.3 is 0 Å². The Balaban J connectivity index is 1.12. The van der Waals surface area contributed by atoms with Crippen LogP contribution in [0, 0.1) is 6.92 Å². The summed E-state index contributed by atoms with van der Waals surface area (Å²) in [6.45, 7) is 6.98. The lowest BCUT2D eigenvalue weighted by Gasteiger charge is -2.29. The van der Waals surface area contributed by atoms with E-state index >= 15 is 0 Å². The molecule has 1 nitrogen and oxygen atoms in total. The van der Waals surface area contributed by atoms with Gasteiger partial charge in [-0.3, -0.25) is 0 Å². The van der Waals surface area contributed by atoms with E-state index in [2.05, 4.69) is 220 Å². The third-order valence-electron chi connectivity index (χ3n) is 11.8. The van der Waals surface area contributed by atoms with Gasteiger partial charge in [0.25, 0.3) is 0 Å². The van der Waals surface area contributed by atoms with Crippen molar-refractivity contribution in [3.8, 4) is 44.5 Å². The molecule has 10 rings (SSSR count). The SMILES string of the molecule is Cc1cc(-c2cc3ccccc3c3ccccc23)ccc1N(c1ccc(-c2ccccc2-c2ccccc2)cc1)c1ccc2c(c1)C(C)(C)c1ccccc1-2. The summed E-state index contributed by atoms with van der Waals surface area (Å²) in [7, 11) is 0. The quantitative estimate of drug-likeness (QED) is 0.156. The molecule has 0 saturated carbocycles. The van der Waals surface area contributed by atoms with Crippen LogP contribution in [0.3, 0.4) is 0 Å². The monoisotopic (exact) mass is 703 g/mol. The van der Waals surface area contributed by atoms with E-state index in [-0.39, 0.29) is 5.41 Å². The summed E-state index contributed by atoms with van der Waals surface area (Å²) in [5.41, 5.74) is 17.3. The number of fused-ring (bicyclic) bond motifs is 6. The fraction of sp³-hybridized carbons (Fsp3) is 0.0741. The van der Waals surface area contributed by atoms with Gasteiger partial charge in [0.2, 0.25) is 0 Å². The predicted molar refractivity (Wildman–Crippen MR) is 235 cm³/mol. The molecule has 0 amide bonds. The number of rotatable bonds is 6. The second-order valence-corrected chi connectivity index (χ2v) is 15.4. The van der Waals surface area contributed by atoms with Crippen LogP contribution in [0.1, 0.15) is 30.5 Å². The fourth-order valence-electron chi connectivity index (χ4n) is 9.02. The van der Waals surface area contributed by atoms with Crippen molar-refractivity contribution in [3.63, 3.8) is 0 Å². The second kappa shape index (κ2) is 13.0. The highest BCUT2D eigenvalue weighted by atomic mass is 15.1. The Morgan fingerprint density at radius 2 is 0.927 bits per heavy atom. The van der Waals surface area contributed by atoms with Crippen molar-refractivity contribution in [2.75, 3.05) is 4.90 Å². The van der Waals surface area contributed by atoms with E-state index < -0.39 is 0 Å². The highest BCUT2D eigenvalue weighted by Gasteiger charge is 2.35. The molecule has 1 aliphatic rings. The molecule has 0 atom stereocenters. The van der Waals surface area contributed by atoms with Gasteiger partial charge < -0.3 is 4.90 Å². The van der Waals surface area contributed by atoms with E-state index in [9.17, 15) is 0 Å². The Labute approximate surface area is 323 Å². The van der Waals surface area contributed by atoms with Crippen LogP contribution < -0.4 is 4.90 Å². The van der Waals surface area contributed by atoms with E-state index in [0.717, 1.165) is 11.4 Å². The predicted octanol–water partition coefficient (Wildman–Crippen LogP) is 15.1. The van der Waals surface area contributed by atoms with Gasteiger partial charge in [0, 0.05) is 22.5 Å². The zero-order valence-electron chi connectivity index (χ0n) is 31.4. The minimum absolute atomic E-state index is 0.103. The van der Waals surface area contributed by atoms with E-state index in [0.29, 0.717) is 0 Å². The van der Waals surface area contributed by atoms with Crippen molar-refractivity contribution >= 4 is 38.6 Å². The molecule has 0 N–H and O–H groups in total. The van der Waals surface area contributed by atoms with Gasteiger partial charge in [0.15, 0.2) is 0 Å². The molecule has 0 bridgehead atoms. The molecule has 1 aliphatic carbocycles. The molecule has 0 heterocycles. The molecule has 0 aliphatic heterocycles. The van der Waals surface area contributed by atoms with Crippen molar-refractivity contribution in [2.24, 2.45) is 0 Å². The molecular weight excluding hydrogens is 663 g/mol. The summed E-state index contributed by atoms with van der Waals surface area (Å²) in [4.78, 5) is 2.45. The van der Waals surface area contributed by atoms with Crippen molar-refractivity contribution in [2.45, 2.75) is 26.2 Å². The number of nitrogens with zero attached hydrogens (tertiary/aromatic N) is 1. The zero-order valence-corrected chi connectivity index (χ0v) is 31.4. The summed E-state index contributed by atoms with van der Waals surface area (Å²) in [5, 5.41) is 5.11. The molecule has 0 saturated heterocycles. The smallest absolute Gasteiger partial charge is 0.0491 e. The number of hydrogen-bond acceptors (Lipinski definition) is 1. The zero-order chi connectivity index (χ0) is 37.1. The van der Waals surface area contributed by atoms with E-state index in [1.807, 2.05) is 0 Å². The van der Waals surface area contributed by atoms with Gasteiger partial charge in [-0.25, -0.2) is 0 Å². The molecule has 0 aromatic heterocycles. The Morgan fingerprint density at radius 1 is 0.364 bits per heavy atom. The fourth-order valence-corrected chi connectivity index (χ4v) is 9.02. The lowest BCUT2D eigenvalue weighted by molar-refractivity contribution is 0.660. The Morgan fingerprint density at radius 3 is 1.67 bits per heavy atom. The first-order chi connectivity index (χ1) is 27.0. The van der Waals surface area contributed by atoms with Gasteiger partial charge in [-0.15, -0.1) is 0 Å². The van der Waals surface area contributed by atoms with Crippen molar-refractivity contribution in [1.29, 1.82) is 0 Å². The van der Waals surface area contributed by atoms with Crippen LogP contribution in [0.15, 0.2) is 194 Å². The Kier molecular flexibility index (Phi) is 7.78. The van der Waals surface area contributed by atoms with Crippen molar-refractivity contribution in [3.05, 3.63) is 211 Å². The molecule has 9 aromatic rings. The first kappa shape index (κ1) is 32.9. The molecular formula is C54H41N. The first-order valence-electron chi connectivity index (χ1n) is 19.3. The molecule has 0 radical (unpaired) electrons. The average molecular weight is 704 g/mol. The molecule has 1 heteroatoms. The highest BCUT2D eigenvalue weighted by Crippen LogP contribution is 2.51. The second-order valence-electron chi connectivity index (χ2n) is 15.4. The topological polar surface area (TPSA) is 3.24 Å². The first-order valence-corrected chi connectivity index (χ1v) is 19.3. The minimum Gasteiger partial charge on any atom is -0.310 e. The minimum atomic E-state index is -0.103. The van der Waals surface area contributed by atoms with Crippen LogP contribution in [-0.2, 0) is 5.41 Å². The molecule has 0 spiro atoms. The lowest BCUT2D eigenvalue weighted by atomic mass is 9.82. The van der Waals surface area contributed by atoms with Crippen LogP contribution >= 0.6 is 0 Å². The summed E-state index contributed by atoms with van der Waals surface area (Å²) in [6, 6.07) is 71.4. The maximum atomic E-state index is 2.45. The van der Waals surface area contributed by atoms with Gasteiger partial charge in [-0.1, -0.05) is 166 Å². The van der Waals surface area contributed by atoms with E-state index in [4.69, 9.17) is 0 Å². The largest absolute Gasteiger partial charge is 0.310 e. The van der Waals surface area contributed by atoms with Crippen LogP contribution in [-0.4, -0.2) is 0 Å². The normalized spacial score (nSPS) is 12.8. The molecule has 0 fully saturated rings. The van der Waals surface area contributed by atoms with Crippen molar-refractivity contribution < 1.29 is 0 Å². The number of aryl methyl sites for hydroxylation is 1. The van der Waals surface area contributed by atoms with Gasteiger partial charge in [-0.05, 0) is 132 Å². The summed E-state index contributed by atoms with van der Waals surface area (Å²) in [5.74, 6) is 0.